The van der Waals surface area contributed by atoms with Gasteiger partial charge >= 0.3 is 0 Å². The summed E-state index contributed by atoms with van der Waals surface area (Å²) in [7, 11) is 0. The highest BCUT2D eigenvalue weighted by molar-refractivity contribution is 14.3. The molecule has 2 heterocycles. The molecule has 7 heteroatoms. The van der Waals surface area contributed by atoms with E-state index in [1.807, 2.05) is 12.4 Å². The number of nitrogens with one attached hydrogen (secondary N) is 1. The Morgan fingerprint density at radius 3 is 2.22 bits per heavy atom. The third-order valence-corrected chi connectivity index (χ3v) is 4.47. The first-order valence-corrected chi connectivity index (χ1v) is 9.00. The number of rotatable bonds is 2. The molecule has 1 aromatic rings. The minimum atomic E-state index is -0.0250. The molecule has 1 fully saturated rings. The summed E-state index contributed by atoms with van der Waals surface area (Å²) < 4.78 is -0.0250. The lowest BCUT2D eigenvalue weighted by Gasteiger charge is -2.36. The predicted octanol–water partition coefficient (Wildman–Crippen LogP) is 3.08. The van der Waals surface area contributed by atoms with Crippen LogP contribution in [0, 0.1) is 0 Å². The van der Waals surface area contributed by atoms with E-state index in [-0.39, 0.29) is -0.565 Å². The molecule has 2 rings (SSSR count). The van der Waals surface area contributed by atoms with Gasteiger partial charge in [-0.1, -0.05) is 0 Å². The predicted molar refractivity (Wildman–Crippen MR) is 100 cm³/mol. The second kappa shape index (κ2) is 6.20. The van der Waals surface area contributed by atoms with E-state index in [1.165, 1.54) is 0 Å². The molecule has 0 aromatic carbocycles. The maximum absolute atomic E-state index is 4.56. The van der Waals surface area contributed by atoms with Crippen molar-refractivity contribution in [3.05, 3.63) is 18.1 Å². The van der Waals surface area contributed by atoms with Gasteiger partial charge in [-0.25, -0.2) is 4.98 Å². The van der Waals surface area contributed by atoms with Crippen molar-refractivity contribution in [3.63, 3.8) is 0 Å². The van der Waals surface area contributed by atoms with Gasteiger partial charge in [-0.3, -0.25) is 4.98 Å². The second-order valence-corrected chi connectivity index (χ2v) is 15.7. The topological polar surface area (TPSA) is 41.1 Å². The second-order valence-electron chi connectivity index (χ2n) is 4.63. The van der Waals surface area contributed by atoms with Crippen LogP contribution in [0.15, 0.2) is 12.4 Å². The van der Waals surface area contributed by atoms with Crippen LogP contribution in [0.1, 0.15) is 19.5 Å². The molecule has 1 saturated heterocycles. The first-order chi connectivity index (χ1) is 8.36. The molecular weight excluding hydrogens is 569 g/mol. The van der Waals surface area contributed by atoms with E-state index in [4.69, 9.17) is 0 Å². The van der Waals surface area contributed by atoms with Gasteiger partial charge in [-0.05, 0) is 81.6 Å². The Balaban J connectivity index is 2.14. The summed E-state index contributed by atoms with van der Waals surface area (Å²) in [6, 6.07) is 0.987. The fourth-order valence-electron chi connectivity index (χ4n) is 2.14. The van der Waals surface area contributed by atoms with Gasteiger partial charge in [-0.2, -0.15) is 0 Å². The molecule has 1 aromatic heterocycles. The molecule has 0 amide bonds. The van der Waals surface area contributed by atoms with Gasteiger partial charge in [0.1, 0.15) is 5.82 Å². The largest absolute Gasteiger partial charge is 0.352 e. The molecule has 4 nitrogen and oxygen atoms in total. The summed E-state index contributed by atoms with van der Waals surface area (Å²) in [5, 5.41) is 3.52. The van der Waals surface area contributed by atoms with Gasteiger partial charge < -0.3 is 10.2 Å². The number of hydrogen-bond donors (Lipinski definition) is 1. The first kappa shape index (κ1) is 15.4. The normalized spacial score (nSPS) is 25.3. The summed E-state index contributed by atoms with van der Waals surface area (Å²) in [6.07, 6.45) is 3.78. The van der Waals surface area contributed by atoms with Gasteiger partial charge in [0.2, 0.25) is 0 Å². The number of nitrogens with zero attached hydrogens (tertiary/aromatic N) is 3. The van der Waals surface area contributed by atoms with Crippen LogP contribution < -0.4 is 10.2 Å². The van der Waals surface area contributed by atoms with Crippen molar-refractivity contribution < 1.29 is 0 Å². The molecule has 0 spiro atoms. The van der Waals surface area contributed by atoms with Crippen molar-refractivity contribution in [1.82, 2.24) is 15.3 Å². The van der Waals surface area contributed by atoms with E-state index in [0.29, 0.717) is 12.1 Å². The van der Waals surface area contributed by atoms with Crippen LogP contribution in [0.3, 0.4) is 0 Å². The van der Waals surface area contributed by atoms with Crippen LogP contribution in [-0.4, -0.2) is 35.1 Å². The highest BCUT2D eigenvalue weighted by Gasteiger charge is 2.25. The Kier molecular flexibility index (Phi) is 5.32. The smallest absolute Gasteiger partial charge is 0.167 e. The lowest BCUT2D eigenvalue weighted by atomic mass is 10.1. The van der Waals surface area contributed by atoms with Crippen molar-refractivity contribution in [2.24, 2.45) is 0 Å². The van der Waals surface area contributed by atoms with Gasteiger partial charge in [0, 0.05) is 25.2 Å². The van der Waals surface area contributed by atoms with Crippen LogP contribution in [0.2, 0.25) is 0 Å². The molecule has 2 atom stereocenters. The highest BCUT2D eigenvalue weighted by atomic mass is 127. The Morgan fingerprint density at radius 1 is 1.17 bits per heavy atom. The fourth-order valence-corrected chi connectivity index (χ4v) is 2.98. The van der Waals surface area contributed by atoms with Gasteiger partial charge in [-0.15, -0.1) is 0 Å². The third kappa shape index (κ3) is 4.01. The van der Waals surface area contributed by atoms with Crippen molar-refractivity contribution in [1.29, 1.82) is 0 Å². The summed E-state index contributed by atoms with van der Waals surface area (Å²) >= 11 is 7.09. The van der Waals surface area contributed by atoms with E-state index in [9.17, 15) is 0 Å². The van der Waals surface area contributed by atoms with E-state index in [0.717, 1.165) is 24.6 Å². The molecular formula is C11H15I3N4. The van der Waals surface area contributed by atoms with Crippen LogP contribution >= 0.6 is 67.8 Å². The van der Waals surface area contributed by atoms with Crippen LogP contribution in [0.4, 0.5) is 5.82 Å². The lowest BCUT2D eigenvalue weighted by Crippen LogP contribution is -2.54. The van der Waals surface area contributed by atoms with Crippen molar-refractivity contribution >= 4 is 73.6 Å². The van der Waals surface area contributed by atoms with Crippen LogP contribution in [0.5, 0.6) is 0 Å². The highest BCUT2D eigenvalue weighted by Crippen LogP contribution is 2.44. The Bertz CT molecular complexity index is 394. The average molecular weight is 584 g/mol. The van der Waals surface area contributed by atoms with Gasteiger partial charge in [0.25, 0.3) is 0 Å². The first-order valence-electron chi connectivity index (χ1n) is 5.76. The Hall–Kier alpha value is 1.03. The van der Waals surface area contributed by atoms with Crippen LogP contribution in [-0.2, 0) is -0.565 Å². The summed E-state index contributed by atoms with van der Waals surface area (Å²) in [5.41, 5.74) is 1.00. The molecule has 1 aliphatic heterocycles. The van der Waals surface area contributed by atoms with E-state index in [2.05, 4.69) is 102 Å². The zero-order chi connectivity index (χ0) is 13.3. The minimum Gasteiger partial charge on any atom is -0.352 e. The number of anilines is 1. The molecule has 0 saturated carbocycles. The third-order valence-electron chi connectivity index (χ3n) is 2.81. The van der Waals surface area contributed by atoms with Crippen molar-refractivity contribution in [2.45, 2.75) is 25.4 Å². The molecule has 100 valence electrons. The Morgan fingerprint density at radius 2 is 1.78 bits per heavy atom. The molecule has 18 heavy (non-hydrogen) atoms. The number of piperazine rings is 1. The lowest BCUT2D eigenvalue weighted by molar-refractivity contribution is 0.405. The summed E-state index contributed by atoms with van der Waals surface area (Å²) in [5.74, 6) is 0.979. The van der Waals surface area contributed by atoms with Crippen LogP contribution in [0.25, 0.3) is 0 Å². The minimum absolute atomic E-state index is 0.0250. The quantitative estimate of drug-likeness (QED) is 0.429. The number of hydrogen-bond acceptors (Lipinski definition) is 4. The molecule has 0 unspecified atom stereocenters. The maximum Gasteiger partial charge on any atom is 0.167 e. The fraction of sp³-hybridized carbons (Fsp3) is 0.636. The molecule has 1 N–H and O–H groups in total. The van der Waals surface area contributed by atoms with E-state index >= 15 is 0 Å². The number of halogens is 3. The number of aromatic nitrogens is 2. The van der Waals surface area contributed by atoms with E-state index in [1.54, 1.807) is 0 Å². The standard InChI is InChI=1S/C11H15I3N4/c1-7-5-18(6-8(2)17-7)10-4-15-9(3-16-10)11(12,13)14/h3-4,7-8,17H,5-6H2,1-2H3/t7-,8-/m1/s1. The monoisotopic (exact) mass is 584 g/mol. The van der Waals surface area contributed by atoms with E-state index < -0.39 is 0 Å². The zero-order valence-electron chi connectivity index (χ0n) is 10.2. The Labute approximate surface area is 149 Å². The molecule has 0 aliphatic carbocycles. The molecule has 0 bridgehead atoms. The maximum atomic E-state index is 4.56. The van der Waals surface area contributed by atoms with Crippen molar-refractivity contribution in [3.8, 4) is 0 Å². The summed E-state index contributed by atoms with van der Waals surface area (Å²) in [4.78, 5) is 11.4. The zero-order valence-corrected chi connectivity index (χ0v) is 16.7. The summed E-state index contributed by atoms with van der Waals surface area (Å²) in [6.45, 7) is 6.39. The average Bonchev–Trinajstić information content (AvgIpc) is 2.27. The molecule has 1 aliphatic rings. The molecule has 0 radical (unpaired) electrons. The number of alkyl halides is 3. The SMILES string of the molecule is C[C@@H]1CN(c2cnc(C(I)(I)I)cn2)C[C@@H](C)N1. The van der Waals surface area contributed by atoms with Gasteiger partial charge in [0.15, 0.2) is -0.565 Å². The van der Waals surface area contributed by atoms with Crippen molar-refractivity contribution in [2.75, 3.05) is 18.0 Å². The van der Waals surface area contributed by atoms with Gasteiger partial charge in [0.05, 0.1) is 18.1 Å².